The van der Waals surface area contributed by atoms with E-state index in [1.807, 2.05) is 36.6 Å². The predicted molar refractivity (Wildman–Crippen MR) is 74.6 cm³/mol. The number of nitrogens with zero attached hydrogens (tertiary/aromatic N) is 2. The number of aryl methyl sites for hydroxylation is 1. The summed E-state index contributed by atoms with van der Waals surface area (Å²) in [6, 6.07) is 10.1. The summed E-state index contributed by atoms with van der Waals surface area (Å²) < 4.78 is 0. The van der Waals surface area contributed by atoms with Crippen LogP contribution in [0, 0.1) is 18.8 Å². The molecule has 3 heteroatoms. The minimum absolute atomic E-state index is 0.825. The largest absolute Gasteiger partial charge is 0.255 e. The monoisotopic (exact) mass is 250 g/mol. The number of para-hydroxylation sites is 1. The molecule has 3 aromatic rings. The van der Waals surface area contributed by atoms with Crippen molar-refractivity contribution in [3.8, 4) is 11.8 Å². The highest BCUT2D eigenvalue weighted by Crippen LogP contribution is 2.12. The fraction of sp³-hybridized carbons (Fsp3) is 0.0667. The van der Waals surface area contributed by atoms with Gasteiger partial charge in [0.25, 0.3) is 0 Å². The van der Waals surface area contributed by atoms with Gasteiger partial charge in [0, 0.05) is 22.5 Å². The van der Waals surface area contributed by atoms with Crippen LogP contribution in [-0.4, -0.2) is 9.97 Å². The van der Waals surface area contributed by atoms with Gasteiger partial charge >= 0.3 is 0 Å². The van der Waals surface area contributed by atoms with Gasteiger partial charge in [-0.15, -0.1) is 11.3 Å². The van der Waals surface area contributed by atoms with Crippen molar-refractivity contribution < 1.29 is 0 Å². The molecule has 0 radical (unpaired) electrons. The summed E-state index contributed by atoms with van der Waals surface area (Å²) in [5.74, 6) is 6.15. The van der Waals surface area contributed by atoms with Gasteiger partial charge in [0.05, 0.1) is 10.5 Å². The maximum absolute atomic E-state index is 4.38. The number of rotatable bonds is 0. The molecule has 0 fully saturated rings. The molecule has 0 aliphatic rings. The summed E-state index contributed by atoms with van der Waals surface area (Å²) in [5, 5.41) is 4.12. The average molecular weight is 250 g/mol. The van der Waals surface area contributed by atoms with E-state index in [1.165, 1.54) is 0 Å². The lowest BCUT2D eigenvalue weighted by molar-refractivity contribution is 1.27. The number of thiazole rings is 1. The quantitative estimate of drug-likeness (QED) is 0.571. The normalized spacial score (nSPS) is 10.1. The van der Waals surface area contributed by atoms with Gasteiger partial charge in [-0.05, 0) is 25.0 Å². The summed E-state index contributed by atoms with van der Waals surface area (Å²) in [4.78, 5) is 8.69. The van der Waals surface area contributed by atoms with Gasteiger partial charge in [0.1, 0.15) is 5.69 Å². The number of hydrogen-bond donors (Lipinski definition) is 0. The third-order valence-electron chi connectivity index (χ3n) is 2.54. The van der Waals surface area contributed by atoms with E-state index >= 15 is 0 Å². The summed E-state index contributed by atoms with van der Waals surface area (Å²) in [5.41, 5.74) is 2.73. The molecule has 3 rings (SSSR count). The zero-order valence-corrected chi connectivity index (χ0v) is 10.7. The molecule has 0 saturated heterocycles. The van der Waals surface area contributed by atoms with Crippen molar-refractivity contribution in [2.24, 2.45) is 0 Å². The number of hydrogen-bond acceptors (Lipinski definition) is 3. The van der Waals surface area contributed by atoms with Crippen LogP contribution in [0.5, 0.6) is 0 Å². The second-order valence-corrected chi connectivity index (χ2v) is 4.98. The molecule has 0 aliphatic heterocycles. The molecule has 0 bridgehead atoms. The zero-order valence-electron chi connectivity index (χ0n) is 9.84. The van der Waals surface area contributed by atoms with Crippen LogP contribution < -0.4 is 0 Å². The number of fused-ring (bicyclic) bond motifs is 1. The Kier molecular flexibility index (Phi) is 2.79. The summed E-state index contributed by atoms with van der Waals surface area (Å²) in [6.07, 6.45) is 1.80. The minimum Gasteiger partial charge on any atom is -0.255 e. The first-order valence-electron chi connectivity index (χ1n) is 5.60. The Morgan fingerprint density at radius 1 is 1.17 bits per heavy atom. The predicted octanol–water partition coefficient (Wildman–Crippen LogP) is 3.40. The zero-order chi connectivity index (χ0) is 12.4. The van der Waals surface area contributed by atoms with Gasteiger partial charge in [-0.1, -0.05) is 24.1 Å². The highest BCUT2D eigenvalue weighted by Gasteiger charge is 1.95. The molecule has 0 unspecified atom stereocenters. The van der Waals surface area contributed by atoms with Crippen molar-refractivity contribution in [2.45, 2.75) is 6.92 Å². The third-order valence-corrected chi connectivity index (χ3v) is 3.32. The Morgan fingerprint density at radius 2 is 2.06 bits per heavy atom. The molecule has 0 atom stereocenters. The number of pyridine rings is 1. The molecule has 0 aliphatic carbocycles. The highest BCUT2D eigenvalue weighted by molar-refractivity contribution is 7.09. The Hall–Kier alpha value is -2.18. The SMILES string of the molecule is Cc1nc(C#Cc2cnc3ccccc3c2)cs1. The van der Waals surface area contributed by atoms with Gasteiger partial charge in [0.2, 0.25) is 0 Å². The third kappa shape index (κ3) is 2.24. The molecule has 2 heterocycles. The maximum Gasteiger partial charge on any atom is 0.124 e. The summed E-state index contributed by atoms with van der Waals surface area (Å²) in [7, 11) is 0. The lowest BCUT2D eigenvalue weighted by Gasteiger charge is -1.96. The van der Waals surface area contributed by atoms with E-state index in [0.29, 0.717) is 0 Å². The van der Waals surface area contributed by atoms with Crippen LogP contribution in [0.15, 0.2) is 41.9 Å². The Bertz CT molecular complexity index is 763. The molecule has 0 spiro atoms. The molecule has 86 valence electrons. The van der Waals surface area contributed by atoms with Crippen LogP contribution in [0.2, 0.25) is 0 Å². The van der Waals surface area contributed by atoms with Crippen LogP contribution >= 0.6 is 11.3 Å². The summed E-state index contributed by atoms with van der Waals surface area (Å²) in [6.45, 7) is 1.98. The molecule has 0 N–H and O–H groups in total. The van der Waals surface area contributed by atoms with E-state index in [-0.39, 0.29) is 0 Å². The fourth-order valence-corrected chi connectivity index (χ4v) is 2.24. The van der Waals surface area contributed by atoms with E-state index < -0.39 is 0 Å². The van der Waals surface area contributed by atoms with Gasteiger partial charge in [-0.25, -0.2) is 4.98 Å². The second-order valence-electron chi connectivity index (χ2n) is 3.92. The van der Waals surface area contributed by atoms with E-state index in [0.717, 1.165) is 27.2 Å². The second kappa shape index (κ2) is 4.59. The van der Waals surface area contributed by atoms with Gasteiger partial charge in [-0.3, -0.25) is 4.98 Å². The molecular weight excluding hydrogens is 240 g/mol. The van der Waals surface area contributed by atoms with Crippen LogP contribution in [0.3, 0.4) is 0 Å². The van der Waals surface area contributed by atoms with Crippen LogP contribution in [0.4, 0.5) is 0 Å². The maximum atomic E-state index is 4.38. The van der Waals surface area contributed by atoms with Crippen LogP contribution in [0.1, 0.15) is 16.3 Å². The van der Waals surface area contributed by atoms with E-state index in [4.69, 9.17) is 0 Å². The standard InChI is InChI=1S/C15H10N2S/c1-11-17-14(10-18-11)7-6-12-8-13-4-2-3-5-15(13)16-9-12/h2-5,8-10H,1H3. The average Bonchev–Trinajstić information content (AvgIpc) is 2.82. The van der Waals surface area contributed by atoms with Crippen molar-refractivity contribution >= 4 is 22.2 Å². The lowest BCUT2D eigenvalue weighted by Crippen LogP contribution is -1.82. The molecule has 18 heavy (non-hydrogen) atoms. The van der Waals surface area contributed by atoms with Crippen molar-refractivity contribution in [3.05, 3.63) is 58.2 Å². The first-order valence-corrected chi connectivity index (χ1v) is 6.48. The molecule has 0 saturated carbocycles. The van der Waals surface area contributed by atoms with Crippen LogP contribution in [-0.2, 0) is 0 Å². The Balaban J connectivity index is 1.98. The first kappa shape index (κ1) is 10.9. The minimum atomic E-state index is 0.825. The Labute approximate surface area is 109 Å². The van der Waals surface area contributed by atoms with Crippen molar-refractivity contribution in [3.63, 3.8) is 0 Å². The molecule has 2 nitrogen and oxygen atoms in total. The Morgan fingerprint density at radius 3 is 2.89 bits per heavy atom. The fourth-order valence-electron chi connectivity index (χ4n) is 1.70. The first-order chi connectivity index (χ1) is 8.81. The molecule has 2 aromatic heterocycles. The number of benzene rings is 1. The van der Waals surface area contributed by atoms with Crippen molar-refractivity contribution in [1.29, 1.82) is 0 Å². The van der Waals surface area contributed by atoms with E-state index in [1.54, 1.807) is 17.5 Å². The highest BCUT2D eigenvalue weighted by atomic mass is 32.1. The van der Waals surface area contributed by atoms with Gasteiger partial charge in [0.15, 0.2) is 0 Å². The molecule has 1 aromatic carbocycles. The number of aromatic nitrogens is 2. The molecule has 0 amide bonds. The van der Waals surface area contributed by atoms with Gasteiger partial charge < -0.3 is 0 Å². The van der Waals surface area contributed by atoms with E-state index in [2.05, 4.69) is 27.9 Å². The van der Waals surface area contributed by atoms with Gasteiger partial charge in [-0.2, -0.15) is 0 Å². The van der Waals surface area contributed by atoms with Crippen molar-refractivity contribution in [2.75, 3.05) is 0 Å². The van der Waals surface area contributed by atoms with Crippen molar-refractivity contribution in [1.82, 2.24) is 9.97 Å². The summed E-state index contributed by atoms with van der Waals surface area (Å²) >= 11 is 1.61. The molecular formula is C15H10N2S. The topological polar surface area (TPSA) is 25.8 Å². The van der Waals surface area contributed by atoms with Crippen LogP contribution in [0.25, 0.3) is 10.9 Å². The smallest absolute Gasteiger partial charge is 0.124 e. The van der Waals surface area contributed by atoms with E-state index in [9.17, 15) is 0 Å². The lowest BCUT2D eigenvalue weighted by atomic mass is 10.1.